The Bertz CT molecular complexity index is 113. The van der Waals surface area contributed by atoms with Crippen molar-refractivity contribution >= 4 is 11.0 Å². The van der Waals surface area contributed by atoms with E-state index in [2.05, 4.69) is 40.9 Å². The molecule has 0 radical (unpaired) electrons. The molecule has 0 saturated carbocycles. The number of hydrogen-bond acceptors (Lipinski definition) is 4. The minimum atomic E-state index is -3.11. The second kappa shape index (κ2) is 76.5. The Morgan fingerprint density at radius 3 is 1.00 bits per heavy atom. The van der Waals surface area contributed by atoms with E-state index >= 15 is 0 Å². The molecule has 0 saturated heterocycles. The van der Waals surface area contributed by atoms with Gasteiger partial charge in [0, 0.05) is 0 Å². The van der Waals surface area contributed by atoms with Crippen molar-refractivity contribution in [3.8, 4) is 0 Å². The van der Waals surface area contributed by atoms with Crippen LogP contribution in [-0.2, 0) is 19.4 Å². The molecule has 0 amide bonds. The summed E-state index contributed by atoms with van der Waals surface area (Å²) in [6.07, 6.45) is 3.89. The van der Waals surface area contributed by atoms with Gasteiger partial charge in [-0.2, -0.15) is 11.0 Å². The van der Waals surface area contributed by atoms with Crippen LogP contribution < -0.4 is 103 Å². The standard InChI is InChI=1S/C4H10.C3H8.C2H4.CH4.2K.O3S.H2O/c1-3-4-2;1-3-2;1-2;;;;1-4(2)3;/h3-4H2,1-2H3;3H2,1-2H3;1-2H2;1H4;;;;1H2/q;;;;2*+1;-2;. The predicted octanol–water partition coefficient (Wildman–Crippen LogP) is -2.73. The summed E-state index contributed by atoms with van der Waals surface area (Å²) in [6.45, 7) is 14.6. The van der Waals surface area contributed by atoms with Gasteiger partial charge in [0.1, 0.15) is 0 Å². The van der Waals surface area contributed by atoms with E-state index in [1.165, 1.54) is 19.3 Å². The van der Waals surface area contributed by atoms with E-state index in [0.717, 1.165) is 0 Å². The average Bonchev–Trinajstić information content (AvgIpc) is 2.08. The molecule has 0 heterocycles. The van der Waals surface area contributed by atoms with Crippen molar-refractivity contribution < 1.29 is 121 Å². The van der Waals surface area contributed by atoms with Gasteiger partial charge in [-0.1, -0.05) is 54.4 Å². The van der Waals surface area contributed by atoms with Gasteiger partial charge in [0.15, 0.2) is 0 Å². The Balaban J connectivity index is -0.0000000101. The molecule has 17 heavy (non-hydrogen) atoms. The summed E-state index contributed by atoms with van der Waals surface area (Å²) in [5.41, 5.74) is 0. The Morgan fingerprint density at radius 2 is 1.00 bits per heavy atom. The van der Waals surface area contributed by atoms with Crippen molar-refractivity contribution in [2.75, 3.05) is 0 Å². The monoisotopic (exact) mass is 322 g/mol. The average molecular weight is 323 g/mol. The van der Waals surface area contributed by atoms with Crippen LogP contribution in [0.1, 0.15) is 54.4 Å². The molecule has 0 bridgehead atoms. The summed E-state index contributed by atoms with van der Waals surface area (Å²) >= 11 is 0. The number of hydrogen-bond donors (Lipinski definition) is 0. The molecule has 0 aromatic rings. The Hall–Kier alpha value is 2.88. The molecule has 0 unspecified atom stereocenters. The fourth-order valence-electron chi connectivity index (χ4n) is 0. The first-order chi connectivity index (χ1) is 6.06. The van der Waals surface area contributed by atoms with Gasteiger partial charge in [-0.15, -0.1) is 13.2 Å². The molecular formula is C10H28K2O4S. The molecule has 0 aliphatic heterocycles. The van der Waals surface area contributed by atoms with Gasteiger partial charge < -0.3 is 18.4 Å². The predicted molar refractivity (Wildman–Crippen MR) is 67.7 cm³/mol. The molecule has 100 valence electrons. The summed E-state index contributed by atoms with van der Waals surface area (Å²) in [4.78, 5) is 0. The van der Waals surface area contributed by atoms with Crippen LogP contribution in [0.2, 0.25) is 0 Å². The normalized spacial score (nSPS) is 5.06. The van der Waals surface area contributed by atoms with E-state index in [4.69, 9.17) is 13.0 Å². The summed E-state index contributed by atoms with van der Waals surface area (Å²) in [5, 5.41) is 0. The zero-order valence-electron chi connectivity index (χ0n) is 11.7. The summed E-state index contributed by atoms with van der Waals surface area (Å²) in [7, 11) is -3.11. The van der Waals surface area contributed by atoms with Crippen molar-refractivity contribution in [2.45, 2.75) is 54.4 Å². The van der Waals surface area contributed by atoms with Crippen LogP contribution in [-0.4, -0.2) is 10.0 Å². The van der Waals surface area contributed by atoms with Gasteiger partial charge in [-0.3, -0.25) is 0 Å². The Kier molecular flexibility index (Phi) is 226. The molecule has 0 aliphatic carbocycles. The largest absolute Gasteiger partial charge is 1.00 e. The first kappa shape index (κ1) is 50.2. The second-order valence-electron chi connectivity index (χ2n) is 1.91. The molecular weight excluding hydrogens is 294 g/mol. The molecule has 2 N–H and O–H groups in total. The minimum absolute atomic E-state index is 0. The van der Waals surface area contributed by atoms with E-state index in [1.54, 1.807) is 0 Å². The quantitative estimate of drug-likeness (QED) is 0.173. The van der Waals surface area contributed by atoms with Gasteiger partial charge >= 0.3 is 103 Å². The third kappa shape index (κ3) is 357. The molecule has 0 fully saturated rings. The first-order valence-corrected chi connectivity index (χ1v) is 5.33. The van der Waals surface area contributed by atoms with Crippen LogP contribution in [0.15, 0.2) is 13.2 Å². The SMILES string of the molecule is C.C=C.CCC.CCCC.O.O=[S-](=O)[O-].[K+].[K+]. The Labute approximate surface area is 195 Å². The fraction of sp³-hybridized carbons (Fsp3) is 0.800. The van der Waals surface area contributed by atoms with Gasteiger partial charge in [-0.05, 0) is 0 Å². The molecule has 0 aromatic heterocycles. The van der Waals surface area contributed by atoms with Crippen molar-refractivity contribution in [1.29, 1.82) is 0 Å². The van der Waals surface area contributed by atoms with Crippen LogP contribution >= 0.6 is 0 Å². The maximum Gasteiger partial charge on any atom is 1.00 e. The van der Waals surface area contributed by atoms with Gasteiger partial charge in [0.05, 0.1) is 0 Å². The maximum absolute atomic E-state index is 8.44. The summed E-state index contributed by atoms with van der Waals surface area (Å²) in [6, 6.07) is 0. The fourth-order valence-corrected chi connectivity index (χ4v) is 0. The van der Waals surface area contributed by atoms with Crippen LogP contribution in [0.25, 0.3) is 0 Å². The van der Waals surface area contributed by atoms with Crippen molar-refractivity contribution in [1.82, 2.24) is 0 Å². The summed E-state index contributed by atoms with van der Waals surface area (Å²) in [5.74, 6) is 0. The second-order valence-corrected chi connectivity index (χ2v) is 2.32. The third-order valence-corrected chi connectivity index (χ3v) is 0.500. The molecule has 0 rings (SSSR count). The first-order valence-electron chi connectivity index (χ1n) is 4.33. The van der Waals surface area contributed by atoms with Crippen LogP contribution in [0.5, 0.6) is 0 Å². The van der Waals surface area contributed by atoms with Gasteiger partial charge in [-0.25, -0.2) is 0 Å². The van der Waals surface area contributed by atoms with Crippen molar-refractivity contribution in [3.63, 3.8) is 0 Å². The minimum Gasteiger partial charge on any atom is -0.917 e. The van der Waals surface area contributed by atoms with E-state index in [9.17, 15) is 0 Å². The van der Waals surface area contributed by atoms with E-state index in [1.807, 2.05) is 0 Å². The van der Waals surface area contributed by atoms with E-state index < -0.39 is 11.0 Å². The topological polar surface area (TPSA) is 88.7 Å². The van der Waals surface area contributed by atoms with E-state index in [-0.39, 0.29) is 116 Å². The van der Waals surface area contributed by atoms with Gasteiger partial charge in [0.2, 0.25) is 0 Å². The molecule has 4 nitrogen and oxygen atoms in total. The number of unbranched alkanes of at least 4 members (excludes halogenated alkanes) is 1. The maximum atomic E-state index is 8.44. The third-order valence-electron chi connectivity index (χ3n) is 0.500. The van der Waals surface area contributed by atoms with Crippen LogP contribution in [0.3, 0.4) is 0 Å². The van der Waals surface area contributed by atoms with Crippen molar-refractivity contribution in [2.24, 2.45) is 0 Å². The zero-order valence-corrected chi connectivity index (χ0v) is 18.7. The molecule has 0 spiro atoms. The zero-order chi connectivity index (χ0) is 11.7. The van der Waals surface area contributed by atoms with Gasteiger partial charge in [0.25, 0.3) is 0 Å². The molecule has 0 atom stereocenters. The summed E-state index contributed by atoms with van der Waals surface area (Å²) < 4.78 is 25.3. The Morgan fingerprint density at radius 1 is 0.941 bits per heavy atom. The number of rotatable bonds is 1. The smallest absolute Gasteiger partial charge is 0.917 e. The van der Waals surface area contributed by atoms with E-state index in [0.29, 0.717) is 0 Å². The molecule has 0 aliphatic rings. The van der Waals surface area contributed by atoms with Crippen LogP contribution in [0, 0.1) is 0 Å². The molecule has 0 aromatic carbocycles. The van der Waals surface area contributed by atoms with Crippen LogP contribution in [0.4, 0.5) is 0 Å². The van der Waals surface area contributed by atoms with Crippen molar-refractivity contribution in [3.05, 3.63) is 13.2 Å². The molecule has 7 heteroatoms.